The fourth-order valence-electron chi connectivity index (χ4n) is 4.33. The lowest BCUT2D eigenvalue weighted by atomic mass is 9.89. The number of nitrogens with one attached hydrogen (secondary N) is 1. The monoisotopic (exact) mass is 468 g/mol. The highest BCUT2D eigenvalue weighted by Gasteiger charge is 2.19. The van der Waals surface area contributed by atoms with E-state index < -0.39 is 0 Å². The minimum atomic E-state index is 0.236. The van der Waals surface area contributed by atoms with Gasteiger partial charge in [0.15, 0.2) is 0 Å². The van der Waals surface area contributed by atoms with Crippen LogP contribution in [0.3, 0.4) is 0 Å². The van der Waals surface area contributed by atoms with E-state index in [1.54, 1.807) is 6.08 Å². The van der Waals surface area contributed by atoms with E-state index >= 15 is 0 Å². The van der Waals surface area contributed by atoms with Crippen LogP contribution in [-0.2, 0) is 0 Å². The fourth-order valence-corrected chi connectivity index (χ4v) is 4.33. The van der Waals surface area contributed by atoms with Crippen LogP contribution < -0.4 is 0 Å². The molecule has 0 amide bonds. The Morgan fingerprint density at radius 3 is 2.74 bits per heavy atom. The molecule has 0 radical (unpaired) electrons. The van der Waals surface area contributed by atoms with E-state index in [1.165, 1.54) is 5.57 Å². The summed E-state index contributed by atoms with van der Waals surface area (Å²) < 4.78 is 2.06. The average Bonchev–Trinajstić information content (AvgIpc) is 3.48. The molecule has 3 heterocycles. The highest BCUT2D eigenvalue weighted by molar-refractivity contribution is 5.91. The van der Waals surface area contributed by atoms with Crippen molar-refractivity contribution in [1.29, 1.82) is 0 Å². The number of allylic oxidation sites excluding steroid dienone is 7. The third-order valence-electron chi connectivity index (χ3n) is 6.25. The van der Waals surface area contributed by atoms with Crippen LogP contribution in [0.25, 0.3) is 28.0 Å². The summed E-state index contributed by atoms with van der Waals surface area (Å²) in [6.07, 6.45) is 14.8. The van der Waals surface area contributed by atoms with Gasteiger partial charge in [-0.1, -0.05) is 36.8 Å². The van der Waals surface area contributed by atoms with Gasteiger partial charge in [0.25, 0.3) is 0 Å². The molecule has 0 saturated heterocycles. The number of aromatic amines is 1. The van der Waals surface area contributed by atoms with Gasteiger partial charge in [-0.05, 0) is 70.2 Å². The molecule has 0 atom stereocenters. The average molecular weight is 469 g/mol. The second kappa shape index (κ2) is 10.1. The summed E-state index contributed by atoms with van der Waals surface area (Å²) in [5.41, 5.74) is 11.2. The lowest BCUT2D eigenvalue weighted by Crippen LogP contribution is -2.00. The Hall–Kier alpha value is -3.93. The number of fused-ring (bicyclic) bond motifs is 1. The molecule has 0 fully saturated rings. The van der Waals surface area contributed by atoms with Crippen LogP contribution in [0.15, 0.2) is 82.8 Å². The second-order valence-corrected chi connectivity index (χ2v) is 9.26. The maximum absolute atomic E-state index is 8.34. The van der Waals surface area contributed by atoms with Crippen molar-refractivity contribution in [1.82, 2.24) is 19.6 Å². The minimum absolute atomic E-state index is 0.236. The third-order valence-corrected chi connectivity index (χ3v) is 6.25. The molecule has 1 aliphatic rings. The molecule has 3 aromatic heterocycles. The van der Waals surface area contributed by atoms with Crippen molar-refractivity contribution < 1.29 is 5.11 Å². The molecule has 6 nitrogen and oxygen atoms in total. The van der Waals surface area contributed by atoms with Crippen LogP contribution in [0, 0.1) is 0 Å². The summed E-state index contributed by atoms with van der Waals surface area (Å²) in [6.45, 7) is 14.4. The molecule has 0 spiro atoms. The third kappa shape index (κ3) is 4.97. The van der Waals surface area contributed by atoms with Crippen LogP contribution in [0.1, 0.15) is 65.3 Å². The number of aliphatic imine (C=N–C) groups is 1. The van der Waals surface area contributed by atoms with Crippen LogP contribution in [0.2, 0.25) is 0 Å². The largest absolute Gasteiger partial charge is 0.579 e. The first kappa shape index (κ1) is 24.2. The summed E-state index contributed by atoms with van der Waals surface area (Å²) in [6, 6.07) is 4.09. The normalized spacial score (nSPS) is 14.9. The van der Waals surface area contributed by atoms with Gasteiger partial charge in [0.05, 0.1) is 35.6 Å². The van der Waals surface area contributed by atoms with Gasteiger partial charge >= 0.3 is 5.90 Å². The number of nitrogens with zero attached hydrogens (tertiary/aromatic N) is 4. The van der Waals surface area contributed by atoms with Crippen molar-refractivity contribution in [3.8, 4) is 11.1 Å². The zero-order chi connectivity index (χ0) is 25.1. The number of hydrogen-bond donors (Lipinski definition) is 1. The smallest absolute Gasteiger partial charge is 0.357 e. The minimum Gasteiger partial charge on any atom is -0.579 e. The van der Waals surface area contributed by atoms with Gasteiger partial charge in [0.1, 0.15) is 5.65 Å². The van der Waals surface area contributed by atoms with E-state index in [2.05, 4.69) is 76.3 Å². The molecular formula is C29H34N5O+. The van der Waals surface area contributed by atoms with Crippen LogP contribution >= 0.6 is 0 Å². The first-order valence-corrected chi connectivity index (χ1v) is 12.0. The van der Waals surface area contributed by atoms with Gasteiger partial charge < -0.3 is 5.11 Å². The molecule has 0 bridgehead atoms. The number of pyridine rings is 1. The van der Waals surface area contributed by atoms with E-state index in [0.29, 0.717) is 0 Å². The Balaban J connectivity index is 1.87. The second-order valence-electron chi connectivity index (χ2n) is 9.26. The predicted octanol–water partition coefficient (Wildman–Crippen LogP) is 6.63. The topological polar surface area (TPSA) is 81.2 Å². The number of H-pyrrole nitrogens is 1. The van der Waals surface area contributed by atoms with Gasteiger partial charge in [-0.2, -0.15) is 10.1 Å². The van der Waals surface area contributed by atoms with E-state index in [9.17, 15) is 0 Å². The van der Waals surface area contributed by atoms with E-state index in [1.807, 2.05) is 32.3 Å². The van der Waals surface area contributed by atoms with Crippen LogP contribution in [0.4, 0.5) is 0 Å². The van der Waals surface area contributed by atoms with Crippen molar-refractivity contribution >= 4 is 22.8 Å². The Kier molecular flexibility index (Phi) is 7.01. The van der Waals surface area contributed by atoms with Gasteiger partial charge in [0, 0.05) is 22.9 Å². The zero-order valence-corrected chi connectivity index (χ0v) is 21.2. The van der Waals surface area contributed by atoms with Crippen molar-refractivity contribution in [3.63, 3.8) is 0 Å². The molecule has 3 aromatic rings. The Morgan fingerprint density at radius 1 is 1.23 bits per heavy atom. The highest BCUT2D eigenvalue weighted by Crippen LogP contribution is 2.36. The molecule has 4 rings (SSSR count). The zero-order valence-electron chi connectivity index (χ0n) is 21.2. The lowest BCUT2D eigenvalue weighted by Gasteiger charge is -2.16. The summed E-state index contributed by atoms with van der Waals surface area (Å²) in [4.78, 5) is 9.30. The van der Waals surface area contributed by atoms with Gasteiger partial charge in [0.2, 0.25) is 0 Å². The van der Waals surface area contributed by atoms with E-state index in [4.69, 9.17) is 5.11 Å². The summed E-state index contributed by atoms with van der Waals surface area (Å²) in [5, 5.41) is 16.0. The number of rotatable bonds is 7. The van der Waals surface area contributed by atoms with Gasteiger partial charge in [-0.25, -0.2) is 4.98 Å². The maximum atomic E-state index is 8.34. The number of imidazole rings is 1. The standard InChI is InChI=1S/C29H33N5O/c1-7-20(6)28(32-27(35)14-18(2)3)25-16-30-26-13-12-21(17-34(25)26)24-15-31-33-29(24)23-11-9-8-10-22(23)19(4)5/h9,11-17H,4,7-8,10H2,1-3,5-6H3,(H,31,33)(H,32,35)/p+1/b28-20+. The fraction of sp³-hybridized carbons (Fsp3) is 0.276. The summed E-state index contributed by atoms with van der Waals surface area (Å²) in [7, 11) is 0. The van der Waals surface area contributed by atoms with Crippen LogP contribution in [-0.4, -0.2) is 30.6 Å². The van der Waals surface area contributed by atoms with Gasteiger partial charge in [-0.3, -0.25) is 9.50 Å². The number of hydrogen-bond acceptors (Lipinski definition) is 3. The van der Waals surface area contributed by atoms with Gasteiger partial charge in [-0.15, -0.1) is 0 Å². The van der Waals surface area contributed by atoms with Crippen molar-refractivity contribution in [2.45, 2.75) is 53.9 Å². The molecule has 3 N–H and O–H groups in total. The summed E-state index contributed by atoms with van der Waals surface area (Å²) >= 11 is 0. The maximum Gasteiger partial charge on any atom is 0.357 e. The van der Waals surface area contributed by atoms with E-state index in [0.717, 1.165) is 75.4 Å². The molecule has 180 valence electrons. The van der Waals surface area contributed by atoms with Crippen molar-refractivity contribution in [3.05, 3.63) is 89.2 Å². The molecular weight excluding hydrogens is 434 g/mol. The van der Waals surface area contributed by atoms with E-state index in [-0.39, 0.29) is 5.90 Å². The Labute approximate surface area is 206 Å². The molecule has 35 heavy (non-hydrogen) atoms. The molecule has 0 aliphatic heterocycles. The van der Waals surface area contributed by atoms with Crippen LogP contribution in [0.5, 0.6) is 0 Å². The molecule has 6 heteroatoms. The quantitative estimate of drug-likeness (QED) is 0.240. The highest BCUT2D eigenvalue weighted by atomic mass is 16.3. The Bertz CT molecular complexity index is 1430. The molecule has 0 saturated carbocycles. The van der Waals surface area contributed by atoms with Crippen molar-refractivity contribution in [2.24, 2.45) is 4.99 Å². The summed E-state index contributed by atoms with van der Waals surface area (Å²) in [5.74, 6) is 0.236. The lowest BCUT2D eigenvalue weighted by molar-refractivity contribution is 0.558. The first-order chi connectivity index (χ1) is 16.8. The first-order valence-electron chi connectivity index (χ1n) is 12.0. The molecule has 0 aromatic carbocycles. The molecule has 0 unspecified atom stereocenters. The van der Waals surface area contributed by atoms with Crippen molar-refractivity contribution in [2.75, 3.05) is 0 Å². The number of aromatic nitrogens is 4. The Morgan fingerprint density at radius 2 is 2.03 bits per heavy atom. The molecule has 1 aliphatic carbocycles. The predicted molar refractivity (Wildman–Crippen MR) is 146 cm³/mol. The SMILES string of the molecule is C=C(C)C1=C(c2[nH]ncc2-c2ccc3ncc(/C(N=C([OH2+])C=C(C)C)=C(/C)CC)n3c2)C=CCC1.